The topological polar surface area (TPSA) is 63.9 Å². The fourth-order valence-corrected chi connectivity index (χ4v) is 2.04. The molecule has 0 aliphatic heterocycles. The number of aryl methyl sites for hydroxylation is 2. The average Bonchev–Trinajstić information content (AvgIpc) is 2.79. The Morgan fingerprint density at radius 2 is 2.17 bits per heavy atom. The highest BCUT2D eigenvalue weighted by Crippen LogP contribution is 2.31. The minimum absolute atomic E-state index is 0.413. The van der Waals surface area contributed by atoms with Crippen molar-refractivity contribution in [2.24, 2.45) is 5.73 Å². The molecule has 1 aromatic heterocycles. The van der Waals surface area contributed by atoms with Crippen molar-refractivity contribution in [3.05, 3.63) is 35.3 Å². The van der Waals surface area contributed by atoms with E-state index in [0.29, 0.717) is 6.54 Å². The van der Waals surface area contributed by atoms with E-state index in [1.165, 1.54) is 5.56 Å². The predicted molar refractivity (Wildman–Crippen MR) is 72.6 cm³/mol. The number of nitrogens with two attached hydrogens (primary N) is 1. The van der Waals surface area contributed by atoms with Gasteiger partial charge in [0.05, 0.1) is 19.3 Å². The third kappa shape index (κ3) is 2.24. The third-order valence-corrected chi connectivity index (χ3v) is 3.05. The van der Waals surface area contributed by atoms with Gasteiger partial charge in [-0.05, 0) is 31.0 Å². The molecule has 3 N–H and O–H groups in total. The fourth-order valence-electron chi connectivity index (χ4n) is 2.04. The van der Waals surface area contributed by atoms with Gasteiger partial charge in [0.1, 0.15) is 11.6 Å². The molecular formula is C14H19N3O. The number of aromatic nitrogens is 2. The highest BCUT2D eigenvalue weighted by atomic mass is 16.5. The van der Waals surface area contributed by atoms with Crippen LogP contribution in [0.1, 0.15) is 24.0 Å². The van der Waals surface area contributed by atoms with Crippen LogP contribution in [0.3, 0.4) is 0 Å². The van der Waals surface area contributed by atoms with Gasteiger partial charge in [-0.15, -0.1) is 0 Å². The number of nitrogens with one attached hydrogen (secondary N) is 1. The normalized spacial score (nSPS) is 10.7. The Morgan fingerprint density at radius 1 is 1.39 bits per heavy atom. The Labute approximate surface area is 107 Å². The van der Waals surface area contributed by atoms with E-state index in [-0.39, 0.29) is 0 Å². The van der Waals surface area contributed by atoms with Crippen molar-refractivity contribution in [2.45, 2.75) is 26.8 Å². The number of rotatable bonds is 4. The Balaban J connectivity index is 2.56. The maximum atomic E-state index is 5.61. The summed E-state index contributed by atoms with van der Waals surface area (Å²) < 4.78 is 5.41. The molecule has 96 valence electrons. The van der Waals surface area contributed by atoms with Crippen molar-refractivity contribution < 1.29 is 4.74 Å². The van der Waals surface area contributed by atoms with Gasteiger partial charge in [0.2, 0.25) is 0 Å². The summed E-state index contributed by atoms with van der Waals surface area (Å²) in [5.74, 6) is 1.64. The number of methoxy groups -OCH3 is 1. The van der Waals surface area contributed by atoms with E-state index >= 15 is 0 Å². The zero-order chi connectivity index (χ0) is 13.1. The number of imidazole rings is 1. The van der Waals surface area contributed by atoms with Gasteiger partial charge in [-0.1, -0.05) is 13.0 Å². The van der Waals surface area contributed by atoms with Gasteiger partial charge in [-0.3, -0.25) is 0 Å². The van der Waals surface area contributed by atoms with E-state index in [4.69, 9.17) is 10.5 Å². The molecule has 0 bridgehead atoms. The molecule has 1 heterocycles. The van der Waals surface area contributed by atoms with Crippen LogP contribution in [0.5, 0.6) is 5.75 Å². The third-order valence-electron chi connectivity index (χ3n) is 3.05. The van der Waals surface area contributed by atoms with Crippen molar-refractivity contribution in [3.63, 3.8) is 0 Å². The molecule has 4 heteroatoms. The summed E-state index contributed by atoms with van der Waals surface area (Å²) in [6.45, 7) is 4.55. The van der Waals surface area contributed by atoms with E-state index in [0.717, 1.165) is 34.9 Å². The molecule has 0 fully saturated rings. The van der Waals surface area contributed by atoms with Crippen LogP contribution in [0.4, 0.5) is 0 Å². The molecule has 0 saturated carbocycles. The van der Waals surface area contributed by atoms with Crippen molar-refractivity contribution in [1.82, 2.24) is 9.97 Å². The number of benzene rings is 1. The number of ether oxygens (including phenoxy) is 1. The smallest absolute Gasteiger partial charge is 0.128 e. The van der Waals surface area contributed by atoms with Crippen LogP contribution in [0.15, 0.2) is 18.2 Å². The Kier molecular flexibility index (Phi) is 3.67. The standard InChI is InChI=1S/C14H19N3O/c1-4-10-5-6-12(18-3)11(7-10)14-9(2)16-13(8-15)17-14/h5-7H,4,8,15H2,1-3H3,(H,16,17). The molecule has 2 aromatic rings. The zero-order valence-corrected chi connectivity index (χ0v) is 11.1. The van der Waals surface area contributed by atoms with Gasteiger partial charge < -0.3 is 15.5 Å². The van der Waals surface area contributed by atoms with Crippen LogP contribution in [-0.2, 0) is 13.0 Å². The number of hydrogen-bond donors (Lipinski definition) is 2. The molecule has 0 amide bonds. The molecule has 2 rings (SSSR count). The molecule has 0 spiro atoms. The highest BCUT2D eigenvalue weighted by Gasteiger charge is 2.13. The second-order valence-corrected chi connectivity index (χ2v) is 4.25. The minimum atomic E-state index is 0.413. The van der Waals surface area contributed by atoms with Crippen LogP contribution in [0.25, 0.3) is 11.3 Å². The largest absolute Gasteiger partial charge is 0.496 e. The van der Waals surface area contributed by atoms with Crippen LogP contribution in [0.2, 0.25) is 0 Å². The first-order valence-corrected chi connectivity index (χ1v) is 6.12. The van der Waals surface area contributed by atoms with Crippen molar-refractivity contribution in [1.29, 1.82) is 0 Å². The molecule has 0 radical (unpaired) electrons. The van der Waals surface area contributed by atoms with E-state index in [1.54, 1.807) is 7.11 Å². The van der Waals surface area contributed by atoms with Gasteiger partial charge in [-0.2, -0.15) is 0 Å². The van der Waals surface area contributed by atoms with Gasteiger partial charge in [0.25, 0.3) is 0 Å². The molecule has 0 atom stereocenters. The minimum Gasteiger partial charge on any atom is -0.496 e. The SMILES string of the molecule is CCc1ccc(OC)c(-c2nc(CN)[nH]c2C)c1. The van der Waals surface area contributed by atoms with E-state index in [1.807, 2.05) is 13.0 Å². The lowest BCUT2D eigenvalue weighted by atomic mass is 10.0. The number of aromatic amines is 1. The maximum Gasteiger partial charge on any atom is 0.128 e. The van der Waals surface area contributed by atoms with Gasteiger partial charge in [0.15, 0.2) is 0 Å². The molecular weight excluding hydrogens is 226 g/mol. The summed E-state index contributed by atoms with van der Waals surface area (Å²) in [7, 11) is 1.68. The van der Waals surface area contributed by atoms with E-state index in [9.17, 15) is 0 Å². The highest BCUT2D eigenvalue weighted by molar-refractivity contribution is 5.70. The lowest BCUT2D eigenvalue weighted by Crippen LogP contribution is -1.98. The van der Waals surface area contributed by atoms with Gasteiger partial charge in [-0.25, -0.2) is 4.98 Å². The molecule has 0 unspecified atom stereocenters. The Bertz CT molecular complexity index is 546. The summed E-state index contributed by atoms with van der Waals surface area (Å²) in [5, 5.41) is 0. The molecule has 1 aromatic carbocycles. The zero-order valence-electron chi connectivity index (χ0n) is 11.1. The lowest BCUT2D eigenvalue weighted by Gasteiger charge is -2.09. The van der Waals surface area contributed by atoms with Gasteiger partial charge in [0, 0.05) is 11.3 Å². The van der Waals surface area contributed by atoms with Crippen LogP contribution in [-0.4, -0.2) is 17.1 Å². The van der Waals surface area contributed by atoms with Crippen molar-refractivity contribution in [2.75, 3.05) is 7.11 Å². The number of hydrogen-bond acceptors (Lipinski definition) is 3. The number of nitrogens with zero attached hydrogens (tertiary/aromatic N) is 1. The van der Waals surface area contributed by atoms with E-state index in [2.05, 4.69) is 29.0 Å². The average molecular weight is 245 g/mol. The Hall–Kier alpha value is -1.81. The molecule has 18 heavy (non-hydrogen) atoms. The van der Waals surface area contributed by atoms with Crippen molar-refractivity contribution >= 4 is 0 Å². The fraction of sp³-hybridized carbons (Fsp3) is 0.357. The van der Waals surface area contributed by atoms with Crippen molar-refractivity contribution in [3.8, 4) is 17.0 Å². The predicted octanol–water partition coefficient (Wildman–Crippen LogP) is 2.41. The first-order chi connectivity index (χ1) is 8.69. The van der Waals surface area contributed by atoms with Crippen LogP contribution in [0, 0.1) is 6.92 Å². The number of H-pyrrole nitrogens is 1. The van der Waals surface area contributed by atoms with E-state index < -0.39 is 0 Å². The summed E-state index contributed by atoms with van der Waals surface area (Å²) in [4.78, 5) is 7.71. The summed E-state index contributed by atoms with van der Waals surface area (Å²) in [6.07, 6.45) is 0.990. The summed E-state index contributed by atoms with van der Waals surface area (Å²) in [6, 6.07) is 6.20. The molecule has 0 aliphatic rings. The quantitative estimate of drug-likeness (QED) is 0.869. The summed E-state index contributed by atoms with van der Waals surface area (Å²) >= 11 is 0. The van der Waals surface area contributed by atoms with Crippen LogP contribution >= 0.6 is 0 Å². The first kappa shape index (κ1) is 12.6. The second kappa shape index (κ2) is 5.23. The Morgan fingerprint density at radius 3 is 2.72 bits per heavy atom. The maximum absolute atomic E-state index is 5.61. The van der Waals surface area contributed by atoms with Crippen LogP contribution < -0.4 is 10.5 Å². The molecule has 0 aliphatic carbocycles. The second-order valence-electron chi connectivity index (χ2n) is 4.25. The molecule has 0 saturated heterocycles. The lowest BCUT2D eigenvalue weighted by molar-refractivity contribution is 0.416. The van der Waals surface area contributed by atoms with Gasteiger partial charge >= 0.3 is 0 Å². The monoisotopic (exact) mass is 245 g/mol. The summed E-state index contributed by atoms with van der Waals surface area (Å²) in [5.41, 5.74) is 9.83. The first-order valence-electron chi connectivity index (χ1n) is 6.12. The molecule has 4 nitrogen and oxygen atoms in total.